The van der Waals surface area contributed by atoms with E-state index in [1.807, 2.05) is 0 Å². The Morgan fingerprint density at radius 3 is 2.91 bits per heavy atom. The largest absolute Gasteiger partial charge is 0.453 e. The van der Waals surface area contributed by atoms with Crippen LogP contribution in [0.4, 0.5) is 19.7 Å². The number of nitrogens with one attached hydrogen (secondary N) is 1. The molecule has 11 nitrogen and oxygen atoms in total. The van der Waals surface area contributed by atoms with E-state index in [4.69, 9.17) is 4.74 Å². The van der Waals surface area contributed by atoms with Crippen molar-refractivity contribution in [3.63, 3.8) is 0 Å². The van der Waals surface area contributed by atoms with Gasteiger partial charge in [0, 0.05) is 24.4 Å². The summed E-state index contributed by atoms with van der Waals surface area (Å²) in [6.07, 6.45) is 0.277. The second-order valence-corrected chi connectivity index (χ2v) is 7.46. The standard InChI is InChI=1S/C20H18FN7O4/c1-27-18(24-25-26-27)14-4-3-10(8-22-14)12-5-11-6-16-17(9-23-19(29)31-2)32-20(30)28(16)15(11)7-13(12)21/h3-5,7-8,16-17H,6,9H2,1-2H3,(H,23,29)/t16-,17-/m0/s1. The number of pyridine rings is 1. The minimum atomic E-state index is -0.614. The number of hydrogen-bond acceptors (Lipinski definition) is 8. The molecule has 5 rings (SSSR count). The van der Waals surface area contributed by atoms with Gasteiger partial charge in [0.1, 0.15) is 17.6 Å². The topological polar surface area (TPSA) is 124 Å². The van der Waals surface area contributed by atoms with Crippen LogP contribution in [0.3, 0.4) is 0 Å². The first kappa shape index (κ1) is 19.8. The van der Waals surface area contributed by atoms with E-state index < -0.39 is 24.1 Å². The van der Waals surface area contributed by atoms with Crippen LogP contribution in [0, 0.1) is 5.82 Å². The SMILES string of the molecule is COC(=O)NC[C@@H]1OC(=O)N2c3cc(F)c(-c4ccc(-c5nnnn5C)nc4)cc3C[C@@H]12. The van der Waals surface area contributed by atoms with Crippen LogP contribution in [0.2, 0.25) is 0 Å². The molecule has 1 aromatic carbocycles. The smallest absolute Gasteiger partial charge is 0.415 e. The van der Waals surface area contributed by atoms with Gasteiger partial charge in [-0.3, -0.25) is 9.88 Å². The lowest BCUT2D eigenvalue weighted by atomic mass is 10.00. The zero-order valence-corrected chi connectivity index (χ0v) is 17.1. The van der Waals surface area contributed by atoms with Crippen molar-refractivity contribution >= 4 is 17.9 Å². The molecule has 0 unspecified atom stereocenters. The summed E-state index contributed by atoms with van der Waals surface area (Å²) in [6, 6.07) is 6.19. The molecule has 3 aromatic rings. The van der Waals surface area contributed by atoms with Crippen molar-refractivity contribution in [1.82, 2.24) is 30.5 Å². The molecule has 0 radical (unpaired) electrons. The molecule has 1 fully saturated rings. The minimum absolute atomic E-state index is 0.102. The molecule has 1 N–H and O–H groups in total. The Balaban J connectivity index is 1.41. The number of carbonyl (C=O) groups excluding carboxylic acids is 2. The van der Waals surface area contributed by atoms with Crippen molar-refractivity contribution in [3.05, 3.63) is 41.8 Å². The molecular formula is C20H18FN7O4. The molecule has 4 heterocycles. The normalized spacial score (nSPS) is 18.8. The predicted molar refractivity (Wildman–Crippen MR) is 108 cm³/mol. The highest BCUT2D eigenvalue weighted by Crippen LogP contribution is 2.41. The molecule has 1 saturated heterocycles. The Labute approximate surface area is 181 Å². The zero-order valence-electron chi connectivity index (χ0n) is 17.1. The first-order valence-corrected chi connectivity index (χ1v) is 9.79. The summed E-state index contributed by atoms with van der Waals surface area (Å²) in [5.41, 5.74) is 2.80. The number of halogens is 1. The van der Waals surface area contributed by atoms with E-state index in [0.717, 1.165) is 5.56 Å². The minimum Gasteiger partial charge on any atom is -0.453 e. The number of anilines is 1. The molecule has 2 amide bonds. The molecule has 0 spiro atoms. The zero-order chi connectivity index (χ0) is 22.4. The lowest BCUT2D eigenvalue weighted by Gasteiger charge is -2.16. The molecule has 2 aliphatic rings. The Morgan fingerprint density at radius 1 is 1.38 bits per heavy atom. The summed E-state index contributed by atoms with van der Waals surface area (Å²) in [5, 5.41) is 13.8. The highest BCUT2D eigenvalue weighted by Gasteiger charge is 2.47. The fourth-order valence-corrected chi connectivity index (χ4v) is 4.07. The van der Waals surface area contributed by atoms with E-state index in [-0.39, 0.29) is 12.6 Å². The number of aryl methyl sites for hydroxylation is 1. The molecule has 0 aliphatic carbocycles. The predicted octanol–water partition coefficient (Wildman–Crippen LogP) is 1.68. The van der Waals surface area contributed by atoms with Gasteiger partial charge in [0.2, 0.25) is 0 Å². The van der Waals surface area contributed by atoms with Crippen molar-refractivity contribution in [3.8, 4) is 22.6 Å². The lowest BCUT2D eigenvalue weighted by Crippen LogP contribution is -2.40. The van der Waals surface area contributed by atoms with E-state index in [0.29, 0.717) is 34.8 Å². The average molecular weight is 439 g/mol. The fourth-order valence-electron chi connectivity index (χ4n) is 4.07. The summed E-state index contributed by atoms with van der Waals surface area (Å²) >= 11 is 0. The summed E-state index contributed by atoms with van der Waals surface area (Å²) in [6.45, 7) is 0.102. The number of aromatic nitrogens is 5. The van der Waals surface area contributed by atoms with Crippen molar-refractivity contribution in [2.24, 2.45) is 7.05 Å². The third kappa shape index (κ3) is 3.20. The van der Waals surface area contributed by atoms with Crippen LogP contribution < -0.4 is 10.2 Å². The van der Waals surface area contributed by atoms with Crippen LogP contribution in [0.25, 0.3) is 22.6 Å². The van der Waals surface area contributed by atoms with Gasteiger partial charge in [-0.15, -0.1) is 5.10 Å². The monoisotopic (exact) mass is 439 g/mol. The number of carbonyl (C=O) groups is 2. The van der Waals surface area contributed by atoms with Crippen LogP contribution in [-0.4, -0.2) is 63.2 Å². The molecular weight excluding hydrogens is 421 g/mol. The van der Waals surface area contributed by atoms with Gasteiger partial charge < -0.3 is 14.8 Å². The first-order valence-electron chi connectivity index (χ1n) is 9.79. The Bertz CT molecular complexity index is 1210. The number of tetrazole rings is 1. The molecule has 2 atom stereocenters. The third-order valence-electron chi connectivity index (χ3n) is 5.62. The highest BCUT2D eigenvalue weighted by atomic mass is 19.1. The van der Waals surface area contributed by atoms with Gasteiger partial charge in [0.25, 0.3) is 0 Å². The van der Waals surface area contributed by atoms with Crippen molar-refractivity contribution in [1.29, 1.82) is 0 Å². The summed E-state index contributed by atoms with van der Waals surface area (Å²) in [4.78, 5) is 29.6. The Hall–Kier alpha value is -4.09. The molecule has 0 saturated carbocycles. The van der Waals surface area contributed by atoms with Gasteiger partial charge in [-0.25, -0.2) is 18.7 Å². The maximum Gasteiger partial charge on any atom is 0.415 e. The Morgan fingerprint density at radius 2 is 2.22 bits per heavy atom. The van der Waals surface area contributed by atoms with Crippen molar-refractivity contribution < 1.29 is 23.5 Å². The van der Waals surface area contributed by atoms with E-state index in [1.165, 1.54) is 22.8 Å². The molecule has 2 aromatic heterocycles. The third-order valence-corrected chi connectivity index (χ3v) is 5.62. The fraction of sp³-hybridized carbons (Fsp3) is 0.300. The van der Waals surface area contributed by atoms with Crippen LogP contribution in [0.5, 0.6) is 0 Å². The summed E-state index contributed by atoms with van der Waals surface area (Å²) < 4.78 is 26.4. The maximum atomic E-state index is 15.0. The van der Waals surface area contributed by atoms with Gasteiger partial charge >= 0.3 is 12.2 Å². The van der Waals surface area contributed by atoms with Crippen LogP contribution >= 0.6 is 0 Å². The number of nitrogens with zero attached hydrogens (tertiary/aromatic N) is 6. The molecule has 164 valence electrons. The van der Waals surface area contributed by atoms with Gasteiger partial charge in [0.05, 0.1) is 25.4 Å². The maximum absolute atomic E-state index is 15.0. The van der Waals surface area contributed by atoms with Gasteiger partial charge in [0.15, 0.2) is 5.82 Å². The quantitative estimate of drug-likeness (QED) is 0.651. The van der Waals surface area contributed by atoms with Gasteiger partial charge in [-0.1, -0.05) is 6.07 Å². The molecule has 12 heteroatoms. The summed E-state index contributed by atoms with van der Waals surface area (Å²) in [5.74, 6) is 0.0138. The number of benzene rings is 1. The molecule has 2 aliphatic heterocycles. The van der Waals surface area contributed by atoms with E-state index in [2.05, 4.69) is 30.6 Å². The number of amides is 2. The van der Waals surface area contributed by atoms with Crippen LogP contribution in [0.15, 0.2) is 30.5 Å². The van der Waals surface area contributed by atoms with Crippen molar-refractivity contribution in [2.75, 3.05) is 18.6 Å². The van der Waals surface area contributed by atoms with Gasteiger partial charge in [-0.05, 0) is 40.6 Å². The summed E-state index contributed by atoms with van der Waals surface area (Å²) in [7, 11) is 2.96. The van der Waals surface area contributed by atoms with E-state index in [1.54, 1.807) is 31.4 Å². The number of cyclic esters (lactones) is 1. The van der Waals surface area contributed by atoms with E-state index in [9.17, 15) is 9.59 Å². The van der Waals surface area contributed by atoms with Crippen LogP contribution in [0.1, 0.15) is 5.56 Å². The lowest BCUT2D eigenvalue weighted by molar-refractivity contribution is 0.123. The Kier molecular flexibility index (Phi) is 4.68. The van der Waals surface area contributed by atoms with E-state index >= 15 is 4.39 Å². The highest BCUT2D eigenvalue weighted by molar-refractivity contribution is 5.94. The number of alkyl carbamates (subject to hydrolysis) is 1. The average Bonchev–Trinajstić information content (AvgIpc) is 3.46. The number of rotatable bonds is 4. The van der Waals surface area contributed by atoms with Crippen LogP contribution in [-0.2, 0) is 22.9 Å². The first-order chi connectivity index (χ1) is 15.5. The number of fused-ring (bicyclic) bond motifs is 3. The van der Waals surface area contributed by atoms with Gasteiger partial charge in [-0.2, -0.15) is 0 Å². The molecule has 0 bridgehead atoms. The molecule has 32 heavy (non-hydrogen) atoms. The number of methoxy groups -OCH3 is 1. The second-order valence-electron chi connectivity index (χ2n) is 7.46. The number of ether oxygens (including phenoxy) is 2. The number of hydrogen-bond donors (Lipinski definition) is 1. The second kappa shape index (κ2) is 7.55. The van der Waals surface area contributed by atoms with Crippen molar-refractivity contribution in [2.45, 2.75) is 18.6 Å².